The summed E-state index contributed by atoms with van der Waals surface area (Å²) in [5.74, 6) is -0.271. The van der Waals surface area contributed by atoms with Crippen LogP contribution < -0.4 is 4.74 Å². The van der Waals surface area contributed by atoms with Crippen LogP contribution in [0.4, 0.5) is 0 Å². The first-order valence-corrected chi connectivity index (χ1v) is 8.13. The minimum absolute atomic E-state index is 0.0835. The van der Waals surface area contributed by atoms with E-state index in [1.807, 2.05) is 48.5 Å². The van der Waals surface area contributed by atoms with Crippen LogP contribution in [0, 0.1) is 11.3 Å². The van der Waals surface area contributed by atoms with E-state index < -0.39 is 5.92 Å². The first-order valence-electron chi connectivity index (χ1n) is 8.13. The molecule has 2 aromatic rings. The maximum atomic E-state index is 12.5. The molecular formula is C20H21NO3. The van der Waals surface area contributed by atoms with Gasteiger partial charge in [-0.2, -0.15) is 0 Å². The average Bonchev–Trinajstić information content (AvgIpc) is 2.87. The highest BCUT2D eigenvalue weighted by atomic mass is 16.5. The van der Waals surface area contributed by atoms with Gasteiger partial charge in [-0.15, -0.1) is 0 Å². The second-order valence-corrected chi connectivity index (χ2v) is 5.89. The number of esters is 1. The molecule has 1 aliphatic rings. The van der Waals surface area contributed by atoms with E-state index in [4.69, 9.17) is 14.9 Å². The van der Waals surface area contributed by atoms with Crippen molar-refractivity contribution in [3.63, 3.8) is 0 Å². The molecule has 0 saturated heterocycles. The van der Waals surface area contributed by atoms with Crippen molar-refractivity contribution in [2.45, 2.75) is 19.3 Å². The monoisotopic (exact) mass is 323 g/mol. The van der Waals surface area contributed by atoms with Gasteiger partial charge in [-0.25, -0.2) is 0 Å². The minimum Gasteiger partial charge on any atom is -0.497 e. The number of fused-ring (bicyclic) bond motifs is 1. The van der Waals surface area contributed by atoms with Crippen molar-refractivity contribution >= 4 is 11.7 Å². The Labute approximate surface area is 141 Å². The molecule has 0 heterocycles. The molecule has 4 heteroatoms. The molecule has 3 rings (SSSR count). The Kier molecular flexibility index (Phi) is 4.65. The molecule has 0 spiro atoms. The predicted molar refractivity (Wildman–Crippen MR) is 92.8 cm³/mol. The lowest BCUT2D eigenvalue weighted by Crippen LogP contribution is -2.27. The molecule has 2 unspecified atom stereocenters. The average molecular weight is 323 g/mol. The zero-order valence-electron chi connectivity index (χ0n) is 13.9. The van der Waals surface area contributed by atoms with Crippen molar-refractivity contribution < 1.29 is 14.3 Å². The molecule has 0 amide bonds. The Morgan fingerprint density at radius 3 is 2.58 bits per heavy atom. The molecule has 0 radical (unpaired) electrons. The van der Waals surface area contributed by atoms with Gasteiger partial charge >= 0.3 is 5.97 Å². The Balaban J connectivity index is 2.01. The molecule has 2 aromatic carbocycles. The SMILES string of the molecule is CCOC(=O)C1C(=N)c2cc(OC)ccc2C1Cc1ccccc1. The van der Waals surface area contributed by atoms with E-state index in [9.17, 15) is 4.79 Å². The predicted octanol–water partition coefficient (Wildman–Crippen LogP) is 3.58. The van der Waals surface area contributed by atoms with E-state index in [1.54, 1.807) is 14.0 Å². The number of carbonyl (C=O) groups excluding carboxylic acids is 1. The fourth-order valence-corrected chi connectivity index (χ4v) is 3.38. The summed E-state index contributed by atoms with van der Waals surface area (Å²) in [6.45, 7) is 2.11. The van der Waals surface area contributed by atoms with Crippen LogP contribution in [0.2, 0.25) is 0 Å². The van der Waals surface area contributed by atoms with Gasteiger partial charge in [0.05, 0.1) is 19.4 Å². The van der Waals surface area contributed by atoms with Gasteiger partial charge in [-0.3, -0.25) is 4.79 Å². The molecule has 0 aromatic heterocycles. The molecule has 124 valence electrons. The van der Waals surface area contributed by atoms with Gasteiger partial charge in [-0.1, -0.05) is 36.4 Å². The Morgan fingerprint density at radius 2 is 1.92 bits per heavy atom. The Morgan fingerprint density at radius 1 is 1.17 bits per heavy atom. The summed E-state index contributed by atoms with van der Waals surface area (Å²) in [7, 11) is 1.60. The van der Waals surface area contributed by atoms with Crippen molar-refractivity contribution in [2.24, 2.45) is 5.92 Å². The highest BCUT2D eigenvalue weighted by Gasteiger charge is 2.42. The number of nitrogens with one attached hydrogen (secondary N) is 1. The number of ether oxygens (including phenoxy) is 2. The van der Waals surface area contributed by atoms with E-state index in [0.29, 0.717) is 24.5 Å². The maximum Gasteiger partial charge on any atom is 0.315 e. The van der Waals surface area contributed by atoms with E-state index in [-0.39, 0.29) is 11.9 Å². The van der Waals surface area contributed by atoms with Crippen LogP contribution in [0.15, 0.2) is 48.5 Å². The molecule has 24 heavy (non-hydrogen) atoms. The van der Waals surface area contributed by atoms with Crippen LogP contribution in [0.25, 0.3) is 0 Å². The van der Waals surface area contributed by atoms with E-state index in [2.05, 4.69) is 0 Å². The van der Waals surface area contributed by atoms with Crippen molar-refractivity contribution in [3.8, 4) is 5.75 Å². The number of rotatable bonds is 5. The molecule has 0 bridgehead atoms. The first kappa shape index (κ1) is 16.2. The molecular weight excluding hydrogens is 302 g/mol. The lowest BCUT2D eigenvalue weighted by molar-refractivity contribution is -0.146. The molecule has 0 fully saturated rings. The smallest absolute Gasteiger partial charge is 0.315 e. The third-order valence-corrected chi connectivity index (χ3v) is 4.50. The molecule has 0 aliphatic heterocycles. The summed E-state index contributed by atoms with van der Waals surface area (Å²) in [6.07, 6.45) is 0.700. The third kappa shape index (κ3) is 2.92. The zero-order valence-corrected chi connectivity index (χ0v) is 13.9. The van der Waals surface area contributed by atoms with E-state index in [1.165, 1.54) is 0 Å². The van der Waals surface area contributed by atoms with Gasteiger partial charge in [0.15, 0.2) is 0 Å². The van der Waals surface area contributed by atoms with Crippen LogP contribution in [0.1, 0.15) is 29.5 Å². The molecule has 0 saturated carbocycles. The number of methoxy groups -OCH3 is 1. The zero-order chi connectivity index (χ0) is 17.1. The lowest BCUT2D eigenvalue weighted by atomic mass is 9.86. The first-order chi connectivity index (χ1) is 11.7. The maximum absolute atomic E-state index is 12.5. The molecule has 4 nitrogen and oxygen atoms in total. The second-order valence-electron chi connectivity index (χ2n) is 5.89. The van der Waals surface area contributed by atoms with Gasteiger partial charge in [0.2, 0.25) is 0 Å². The lowest BCUT2D eigenvalue weighted by Gasteiger charge is -2.19. The quantitative estimate of drug-likeness (QED) is 0.856. The summed E-state index contributed by atoms with van der Waals surface area (Å²) in [5.41, 5.74) is 3.27. The normalized spacial score (nSPS) is 19.0. The van der Waals surface area contributed by atoms with Gasteiger partial charge < -0.3 is 14.9 Å². The molecule has 1 aliphatic carbocycles. The fraction of sp³-hybridized carbons (Fsp3) is 0.300. The number of hydrogen-bond donors (Lipinski definition) is 1. The Hall–Kier alpha value is -2.62. The summed E-state index contributed by atoms with van der Waals surface area (Å²) < 4.78 is 10.5. The third-order valence-electron chi connectivity index (χ3n) is 4.50. The van der Waals surface area contributed by atoms with Crippen LogP contribution in [0.3, 0.4) is 0 Å². The van der Waals surface area contributed by atoms with Crippen molar-refractivity contribution in [1.82, 2.24) is 0 Å². The number of benzene rings is 2. The standard InChI is InChI=1S/C20H21NO3/c1-3-24-20(22)18-16(11-13-7-5-4-6-8-13)15-10-9-14(23-2)12-17(15)19(18)21/h4-10,12,16,18,21H,3,11H2,1-2H3. The van der Waals surface area contributed by atoms with Crippen molar-refractivity contribution in [3.05, 3.63) is 65.2 Å². The fourth-order valence-electron chi connectivity index (χ4n) is 3.38. The highest BCUT2D eigenvalue weighted by molar-refractivity contribution is 6.14. The minimum atomic E-state index is -0.563. The topological polar surface area (TPSA) is 59.4 Å². The second kappa shape index (κ2) is 6.87. The van der Waals surface area contributed by atoms with Gasteiger partial charge in [0.25, 0.3) is 0 Å². The number of carbonyl (C=O) groups is 1. The van der Waals surface area contributed by atoms with Gasteiger partial charge in [-0.05, 0) is 36.6 Å². The summed E-state index contributed by atoms with van der Waals surface area (Å²) in [5, 5.41) is 8.51. The van der Waals surface area contributed by atoms with Crippen molar-refractivity contribution in [1.29, 1.82) is 5.41 Å². The van der Waals surface area contributed by atoms with Crippen LogP contribution in [-0.4, -0.2) is 25.4 Å². The summed E-state index contributed by atoms with van der Waals surface area (Å²) >= 11 is 0. The van der Waals surface area contributed by atoms with Crippen LogP contribution in [0.5, 0.6) is 5.75 Å². The molecule has 2 atom stereocenters. The Bertz CT molecular complexity index is 755. The summed E-state index contributed by atoms with van der Waals surface area (Å²) in [4.78, 5) is 12.5. The van der Waals surface area contributed by atoms with Crippen LogP contribution >= 0.6 is 0 Å². The van der Waals surface area contributed by atoms with E-state index >= 15 is 0 Å². The summed E-state index contributed by atoms with van der Waals surface area (Å²) in [6, 6.07) is 15.7. The number of hydrogen-bond acceptors (Lipinski definition) is 4. The largest absolute Gasteiger partial charge is 0.497 e. The molecule has 1 N–H and O–H groups in total. The van der Waals surface area contributed by atoms with Crippen molar-refractivity contribution in [2.75, 3.05) is 13.7 Å². The van der Waals surface area contributed by atoms with Gasteiger partial charge in [0.1, 0.15) is 11.7 Å². The van der Waals surface area contributed by atoms with E-state index in [0.717, 1.165) is 16.7 Å². The van der Waals surface area contributed by atoms with Crippen LogP contribution in [-0.2, 0) is 16.0 Å². The highest BCUT2D eigenvalue weighted by Crippen LogP contribution is 2.42. The van der Waals surface area contributed by atoms with Gasteiger partial charge in [0, 0.05) is 11.5 Å².